The van der Waals surface area contributed by atoms with Crippen LogP contribution < -0.4 is 10.6 Å². The Bertz CT molecular complexity index is 1090. The monoisotopic (exact) mass is 501 g/mol. The fraction of sp³-hybridized carbons (Fsp3) is 0.429. The molecule has 1 fully saturated rings. The summed E-state index contributed by atoms with van der Waals surface area (Å²) in [6.07, 6.45) is 2.26. The van der Waals surface area contributed by atoms with Crippen LogP contribution in [-0.2, 0) is 0 Å². The smallest absolute Gasteiger partial charge is 0.243 e. The van der Waals surface area contributed by atoms with Crippen molar-refractivity contribution < 1.29 is 13.9 Å². The van der Waals surface area contributed by atoms with Gasteiger partial charge in [-0.1, -0.05) is 6.07 Å². The van der Waals surface area contributed by atoms with Gasteiger partial charge in [0.15, 0.2) is 0 Å². The topological polar surface area (TPSA) is 112 Å². The third kappa shape index (κ3) is 5.51. The standard InChI is InChI=1S/C21H25F2N7O.2ClH/c1-20(2)8-14(17(22)21(3,4)30-20)26-19-24-10-15(27-29-19)12-6-5-11(7-16(12)31)13-9-25-28-18(13)23;;/h5-7,9-10,14,17,30-31H,8H2,1-4H3,(H,25,28)(H,24,26,29);2*1H/t14-,17-;;/m1../s1. The molecule has 1 aromatic carbocycles. The quantitative estimate of drug-likeness (QED) is 0.421. The molecule has 0 aliphatic carbocycles. The first-order chi connectivity index (χ1) is 14.6. The highest BCUT2D eigenvalue weighted by Crippen LogP contribution is 2.34. The Morgan fingerprint density at radius 3 is 2.42 bits per heavy atom. The van der Waals surface area contributed by atoms with Crippen molar-refractivity contribution in [3.8, 4) is 28.1 Å². The van der Waals surface area contributed by atoms with E-state index in [1.165, 1.54) is 18.5 Å². The molecule has 180 valence electrons. The number of hydrogen-bond acceptors (Lipinski definition) is 7. The van der Waals surface area contributed by atoms with Crippen molar-refractivity contribution in [1.82, 2.24) is 30.7 Å². The molecule has 12 heteroatoms. The van der Waals surface area contributed by atoms with Crippen molar-refractivity contribution in [2.45, 2.75) is 57.4 Å². The van der Waals surface area contributed by atoms with Gasteiger partial charge in [0.2, 0.25) is 11.9 Å². The van der Waals surface area contributed by atoms with Crippen molar-refractivity contribution in [3.63, 3.8) is 0 Å². The predicted octanol–water partition coefficient (Wildman–Crippen LogP) is 4.29. The van der Waals surface area contributed by atoms with Crippen molar-refractivity contribution in [2.24, 2.45) is 0 Å². The molecule has 0 spiro atoms. The normalized spacial score (nSPS) is 20.9. The molecule has 1 aliphatic heterocycles. The molecule has 3 heterocycles. The highest BCUT2D eigenvalue weighted by molar-refractivity contribution is 5.85. The third-order valence-corrected chi connectivity index (χ3v) is 5.49. The summed E-state index contributed by atoms with van der Waals surface area (Å²) in [6, 6.07) is 4.19. The van der Waals surface area contributed by atoms with Crippen molar-refractivity contribution in [1.29, 1.82) is 0 Å². The molecule has 0 saturated carbocycles. The SMILES string of the molecule is CC1(C)C[C@@H](Nc2ncc(-c3ccc(-c4c[nH]nc4F)cc3O)nn2)[C@@H](F)C(C)(C)N1.Cl.Cl. The number of benzene rings is 1. The number of phenolic OH excluding ortho intramolecular Hbond substituents is 1. The summed E-state index contributed by atoms with van der Waals surface area (Å²) in [5.74, 6) is -0.540. The lowest BCUT2D eigenvalue weighted by molar-refractivity contribution is 0.0654. The number of hydrogen-bond donors (Lipinski definition) is 4. The Balaban J connectivity index is 0.00000193. The molecule has 8 nitrogen and oxygen atoms in total. The number of rotatable bonds is 4. The maximum atomic E-state index is 15.0. The van der Waals surface area contributed by atoms with Gasteiger partial charge in [-0.2, -0.15) is 4.39 Å². The number of H-pyrrole nitrogens is 1. The third-order valence-electron chi connectivity index (χ3n) is 5.49. The molecule has 0 radical (unpaired) electrons. The van der Waals surface area contributed by atoms with E-state index in [9.17, 15) is 13.9 Å². The van der Waals surface area contributed by atoms with Crippen molar-refractivity contribution in [2.75, 3.05) is 5.32 Å². The van der Waals surface area contributed by atoms with Gasteiger partial charge in [-0.15, -0.1) is 40.1 Å². The number of nitrogens with one attached hydrogen (secondary N) is 3. The summed E-state index contributed by atoms with van der Waals surface area (Å²) in [4.78, 5) is 4.25. The summed E-state index contributed by atoms with van der Waals surface area (Å²) in [6.45, 7) is 7.72. The van der Waals surface area contributed by atoms with Gasteiger partial charge in [0.1, 0.15) is 17.6 Å². The average Bonchev–Trinajstić information content (AvgIpc) is 3.11. The second-order valence-electron chi connectivity index (χ2n) is 9.08. The Labute approximate surface area is 202 Å². The van der Waals surface area contributed by atoms with Crippen LogP contribution in [0.5, 0.6) is 5.75 Å². The summed E-state index contributed by atoms with van der Waals surface area (Å²) < 4.78 is 28.6. The van der Waals surface area contributed by atoms with E-state index in [4.69, 9.17) is 0 Å². The molecule has 0 amide bonds. The van der Waals surface area contributed by atoms with Crippen LogP contribution in [0.25, 0.3) is 22.4 Å². The zero-order chi connectivity index (χ0) is 22.4. The number of piperidine rings is 1. The van der Waals surface area contributed by atoms with E-state index in [2.05, 4.69) is 36.0 Å². The molecule has 1 saturated heterocycles. The van der Waals surface area contributed by atoms with Crippen molar-refractivity contribution >= 4 is 30.8 Å². The van der Waals surface area contributed by atoms with E-state index in [0.717, 1.165) is 0 Å². The Morgan fingerprint density at radius 2 is 1.85 bits per heavy atom. The second-order valence-corrected chi connectivity index (χ2v) is 9.08. The van der Waals surface area contributed by atoms with E-state index >= 15 is 0 Å². The van der Waals surface area contributed by atoms with Crippen molar-refractivity contribution in [3.05, 3.63) is 36.5 Å². The van der Waals surface area contributed by atoms with Crippen LogP contribution in [0, 0.1) is 5.95 Å². The molecule has 2 aromatic heterocycles. The molecule has 0 unspecified atom stereocenters. The first-order valence-electron chi connectivity index (χ1n) is 9.98. The molecule has 1 aliphatic rings. The lowest BCUT2D eigenvalue weighted by Crippen LogP contribution is -2.67. The van der Waals surface area contributed by atoms with Gasteiger partial charge in [0.25, 0.3) is 0 Å². The first-order valence-corrected chi connectivity index (χ1v) is 9.98. The molecule has 0 bridgehead atoms. The molecule has 4 rings (SSSR count). The Kier molecular flexibility index (Phi) is 7.88. The maximum Gasteiger partial charge on any atom is 0.243 e. The molecular formula is C21H27Cl2F2N7O. The van der Waals surface area contributed by atoms with E-state index in [-0.39, 0.29) is 47.6 Å². The lowest BCUT2D eigenvalue weighted by atomic mass is 9.78. The summed E-state index contributed by atoms with van der Waals surface area (Å²) in [5.41, 5.74) is 0.501. The lowest BCUT2D eigenvalue weighted by Gasteiger charge is -2.48. The number of halogens is 4. The van der Waals surface area contributed by atoms with Crippen LogP contribution in [0.3, 0.4) is 0 Å². The number of aromatic nitrogens is 5. The van der Waals surface area contributed by atoms with Crippen LogP contribution >= 0.6 is 24.8 Å². The zero-order valence-corrected chi connectivity index (χ0v) is 20.2. The maximum absolute atomic E-state index is 15.0. The van der Waals surface area contributed by atoms with Gasteiger partial charge < -0.3 is 15.7 Å². The number of aromatic amines is 1. The van der Waals surface area contributed by atoms with Crippen LogP contribution in [0.1, 0.15) is 34.1 Å². The number of nitrogens with zero attached hydrogens (tertiary/aromatic N) is 4. The molecule has 4 N–H and O–H groups in total. The average molecular weight is 502 g/mol. The molecule has 33 heavy (non-hydrogen) atoms. The zero-order valence-electron chi connectivity index (χ0n) is 18.6. The number of phenols is 1. The van der Waals surface area contributed by atoms with E-state index in [1.807, 2.05) is 27.7 Å². The van der Waals surface area contributed by atoms with Gasteiger partial charge in [0, 0.05) is 22.8 Å². The minimum Gasteiger partial charge on any atom is -0.507 e. The number of anilines is 1. The minimum absolute atomic E-state index is 0. The number of alkyl halides is 1. The van der Waals surface area contributed by atoms with Crippen LogP contribution in [-0.4, -0.2) is 53.8 Å². The first kappa shape index (κ1) is 26.7. The van der Waals surface area contributed by atoms with Crippen LogP contribution in [0.15, 0.2) is 30.6 Å². The summed E-state index contributed by atoms with van der Waals surface area (Å²) in [5, 5.41) is 30.8. The summed E-state index contributed by atoms with van der Waals surface area (Å²) in [7, 11) is 0. The summed E-state index contributed by atoms with van der Waals surface area (Å²) >= 11 is 0. The number of aromatic hydroxyl groups is 1. The van der Waals surface area contributed by atoms with Gasteiger partial charge in [-0.25, -0.2) is 9.37 Å². The molecular weight excluding hydrogens is 475 g/mol. The Morgan fingerprint density at radius 1 is 1.12 bits per heavy atom. The highest BCUT2D eigenvalue weighted by Gasteiger charge is 2.46. The molecule has 2 atom stereocenters. The van der Waals surface area contributed by atoms with E-state index < -0.39 is 23.7 Å². The largest absolute Gasteiger partial charge is 0.507 e. The van der Waals surface area contributed by atoms with Gasteiger partial charge in [0.05, 0.1) is 17.8 Å². The van der Waals surface area contributed by atoms with E-state index in [0.29, 0.717) is 23.2 Å². The highest BCUT2D eigenvalue weighted by atomic mass is 35.5. The fourth-order valence-electron chi connectivity index (χ4n) is 4.29. The van der Waals surface area contributed by atoms with Crippen LogP contribution in [0.2, 0.25) is 0 Å². The minimum atomic E-state index is -1.15. The van der Waals surface area contributed by atoms with E-state index in [1.54, 1.807) is 12.1 Å². The van der Waals surface area contributed by atoms with Gasteiger partial charge in [-0.3, -0.25) is 5.10 Å². The predicted molar refractivity (Wildman–Crippen MR) is 127 cm³/mol. The molecule has 3 aromatic rings. The fourth-order valence-corrected chi connectivity index (χ4v) is 4.29. The van der Waals surface area contributed by atoms with Gasteiger partial charge in [-0.05, 0) is 51.8 Å². The second kappa shape index (κ2) is 9.74. The van der Waals surface area contributed by atoms with Gasteiger partial charge >= 0.3 is 0 Å². The Hall–Kier alpha value is -2.56. The van der Waals surface area contributed by atoms with Crippen LogP contribution in [0.4, 0.5) is 14.7 Å².